The Hall–Kier alpha value is -3.59. The van der Waals surface area contributed by atoms with E-state index in [4.69, 9.17) is 4.74 Å². The number of imide groups is 1. The second-order valence-electron chi connectivity index (χ2n) is 7.99. The number of Topliss-reactive ketones (excluding diaryl/α,β-unsaturated/α-hetero) is 1. The first kappa shape index (κ1) is 21.3. The molecule has 8 nitrogen and oxygen atoms in total. The van der Waals surface area contributed by atoms with Crippen molar-refractivity contribution in [1.29, 1.82) is 0 Å². The van der Waals surface area contributed by atoms with E-state index in [2.05, 4.69) is 21.0 Å². The molecule has 2 fully saturated rings. The summed E-state index contributed by atoms with van der Waals surface area (Å²) in [5, 5.41) is 5.90. The van der Waals surface area contributed by atoms with E-state index in [1.165, 1.54) is 24.0 Å². The van der Waals surface area contributed by atoms with Crippen LogP contribution in [0.5, 0.6) is 5.75 Å². The summed E-state index contributed by atoms with van der Waals surface area (Å²) in [6, 6.07) is 11.6. The number of ether oxygens (including phenoxy) is 1. The van der Waals surface area contributed by atoms with Crippen LogP contribution in [0.15, 0.2) is 70.3 Å². The summed E-state index contributed by atoms with van der Waals surface area (Å²) >= 11 is 3.36. The molecule has 3 heterocycles. The minimum atomic E-state index is -0.933. The lowest BCUT2D eigenvalue weighted by Gasteiger charge is -2.30. The van der Waals surface area contributed by atoms with E-state index in [1.54, 1.807) is 59.8 Å². The number of benzene rings is 2. The largest absolute Gasteiger partial charge is 0.427 e. The van der Waals surface area contributed by atoms with E-state index in [-0.39, 0.29) is 11.7 Å². The van der Waals surface area contributed by atoms with Crippen LogP contribution >= 0.6 is 15.9 Å². The molecule has 0 saturated carbocycles. The summed E-state index contributed by atoms with van der Waals surface area (Å²) in [4.78, 5) is 52.9. The summed E-state index contributed by atoms with van der Waals surface area (Å²) in [6.07, 6.45) is 5.07. The number of halogens is 1. The first-order valence-electron chi connectivity index (χ1n) is 10.3. The summed E-state index contributed by atoms with van der Waals surface area (Å²) in [5.74, 6) is -2.82. The van der Waals surface area contributed by atoms with Gasteiger partial charge in [0.1, 0.15) is 11.8 Å². The average molecular weight is 508 g/mol. The third kappa shape index (κ3) is 3.48. The van der Waals surface area contributed by atoms with Crippen molar-refractivity contribution in [2.45, 2.75) is 19.0 Å². The van der Waals surface area contributed by atoms with Gasteiger partial charge in [-0.15, -0.1) is 0 Å². The quantitative estimate of drug-likeness (QED) is 0.273. The van der Waals surface area contributed by atoms with Crippen molar-refractivity contribution in [1.82, 2.24) is 5.01 Å². The molecular weight excluding hydrogens is 490 g/mol. The van der Waals surface area contributed by atoms with E-state index < -0.39 is 35.8 Å². The number of carbonyl (C=O) groups excluding carboxylic acids is 4. The zero-order valence-corrected chi connectivity index (χ0v) is 19.0. The Morgan fingerprint density at radius 1 is 0.970 bits per heavy atom. The second-order valence-corrected chi connectivity index (χ2v) is 8.90. The van der Waals surface area contributed by atoms with E-state index >= 15 is 0 Å². The number of hydrogen-bond acceptors (Lipinski definition) is 7. The lowest BCUT2D eigenvalue weighted by Crippen LogP contribution is -2.46. The summed E-state index contributed by atoms with van der Waals surface area (Å²) < 4.78 is 5.86. The number of allylic oxidation sites excluding steroid dienone is 1. The minimum Gasteiger partial charge on any atom is -0.427 e. The molecule has 166 valence electrons. The molecule has 5 rings (SSSR count). The van der Waals surface area contributed by atoms with Gasteiger partial charge in [-0.25, -0.2) is 4.90 Å². The van der Waals surface area contributed by atoms with Crippen molar-refractivity contribution in [3.63, 3.8) is 0 Å². The van der Waals surface area contributed by atoms with Gasteiger partial charge < -0.3 is 4.74 Å². The van der Waals surface area contributed by atoms with Crippen LogP contribution in [0.4, 0.5) is 5.69 Å². The van der Waals surface area contributed by atoms with Crippen LogP contribution in [0.1, 0.15) is 17.3 Å². The Morgan fingerprint density at radius 3 is 2.30 bits per heavy atom. The highest BCUT2D eigenvalue weighted by molar-refractivity contribution is 9.10. The molecule has 0 radical (unpaired) electrons. The third-order valence-electron chi connectivity index (χ3n) is 6.04. The van der Waals surface area contributed by atoms with Crippen LogP contribution in [-0.4, -0.2) is 46.9 Å². The molecule has 33 heavy (non-hydrogen) atoms. The lowest BCUT2D eigenvalue weighted by atomic mass is 9.86. The molecule has 3 aliphatic rings. The Kier molecular flexibility index (Phi) is 5.20. The normalized spacial score (nSPS) is 25.3. The van der Waals surface area contributed by atoms with Crippen molar-refractivity contribution in [3.8, 4) is 5.75 Å². The monoisotopic (exact) mass is 507 g/mol. The predicted molar refractivity (Wildman–Crippen MR) is 123 cm³/mol. The maximum absolute atomic E-state index is 13.6. The van der Waals surface area contributed by atoms with Gasteiger partial charge in [-0.05, 0) is 54.6 Å². The van der Waals surface area contributed by atoms with Crippen molar-refractivity contribution in [2.75, 3.05) is 4.90 Å². The molecule has 0 unspecified atom stereocenters. The van der Waals surface area contributed by atoms with Crippen LogP contribution in [0, 0.1) is 11.8 Å². The maximum Gasteiger partial charge on any atom is 0.308 e. The Labute approximate surface area is 197 Å². The molecule has 0 aromatic heterocycles. The van der Waals surface area contributed by atoms with Gasteiger partial charge in [0.2, 0.25) is 11.8 Å². The number of hydrogen-bond donors (Lipinski definition) is 0. The predicted octanol–water partition coefficient (Wildman–Crippen LogP) is 2.97. The number of nitrogens with zero attached hydrogens (tertiary/aromatic N) is 3. The number of carbonyl (C=O) groups is 4. The van der Waals surface area contributed by atoms with Gasteiger partial charge >= 0.3 is 5.97 Å². The second kappa shape index (κ2) is 8.08. The highest BCUT2D eigenvalue weighted by Crippen LogP contribution is 2.46. The van der Waals surface area contributed by atoms with Crippen LogP contribution in [0.25, 0.3) is 0 Å². The summed E-state index contributed by atoms with van der Waals surface area (Å²) in [6.45, 7) is 1.29. The number of hydrazone groups is 1. The fraction of sp³-hybridized carbons (Fsp3) is 0.208. The lowest BCUT2D eigenvalue weighted by molar-refractivity contribution is -0.132. The van der Waals surface area contributed by atoms with E-state index in [0.29, 0.717) is 17.0 Å². The van der Waals surface area contributed by atoms with Gasteiger partial charge in [-0.2, -0.15) is 5.10 Å². The van der Waals surface area contributed by atoms with Crippen molar-refractivity contribution >= 4 is 51.4 Å². The van der Waals surface area contributed by atoms with Crippen molar-refractivity contribution in [3.05, 3.63) is 70.7 Å². The molecule has 2 aromatic carbocycles. The van der Waals surface area contributed by atoms with Crippen molar-refractivity contribution < 1.29 is 23.9 Å². The molecule has 0 N–H and O–H groups in total. The molecule has 0 bridgehead atoms. The summed E-state index contributed by atoms with van der Waals surface area (Å²) in [7, 11) is 0. The molecule has 2 aromatic rings. The standard InChI is InChI=1S/C24H18BrN3O5/c1-13(29)33-17-10-4-14(5-11-17)22(30)21-20-19(18-3-2-12-26-28(18)21)23(31)27(24(20)32)16-8-6-15(25)7-9-16/h2-12,18-21H,1H3/t18-,19+,20-,21+/m1/s1. The van der Waals surface area contributed by atoms with E-state index in [0.717, 1.165) is 4.47 Å². The average Bonchev–Trinajstić information content (AvgIpc) is 3.27. The first-order valence-corrected chi connectivity index (χ1v) is 11.1. The number of amides is 2. The topological polar surface area (TPSA) is 96.3 Å². The first-order chi connectivity index (χ1) is 15.9. The van der Waals surface area contributed by atoms with Crippen molar-refractivity contribution in [2.24, 2.45) is 16.9 Å². The Morgan fingerprint density at radius 2 is 1.64 bits per heavy atom. The third-order valence-corrected chi connectivity index (χ3v) is 6.57. The number of fused-ring (bicyclic) bond motifs is 3. The van der Waals surface area contributed by atoms with Crippen LogP contribution in [0.2, 0.25) is 0 Å². The van der Waals surface area contributed by atoms with E-state index in [1.807, 2.05) is 0 Å². The Bertz CT molecular complexity index is 1220. The molecule has 0 aliphatic carbocycles. The van der Waals surface area contributed by atoms with Crippen LogP contribution in [-0.2, 0) is 14.4 Å². The molecule has 2 amide bonds. The number of rotatable bonds is 4. The van der Waals surface area contributed by atoms with Gasteiger partial charge in [0.05, 0.1) is 23.6 Å². The van der Waals surface area contributed by atoms with Gasteiger partial charge in [-0.3, -0.25) is 24.2 Å². The van der Waals surface area contributed by atoms with E-state index in [9.17, 15) is 19.2 Å². The SMILES string of the molecule is CC(=O)Oc1ccc(C(=O)[C@@H]2[C@@H]3C(=O)N(c4ccc(Br)cc4)C(=O)[C@H]3[C@H]3C=CC=NN32)cc1. The highest BCUT2D eigenvalue weighted by atomic mass is 79.9. The van der Waals surface area contributed by atoms with Gasteiger partial charge in [-0.1, -0.05) is 22.0 Å². The van der Waals surface area contributed by atoms with Gasteiger partial charge in [0.15, 0.2) is 5.78 Å². The van der Waals surface area contributed by atoms with Crippen LogP contribution < -0.4 is 9.64 Å². The molecule has 2 saturated heterocycles. The molecule has 9 heteroatoms. The molecule has 4 atom stereocenters. The maximum atomic E-state index is 13.6. The summed E-state index contributed by atoms with van der Waals surface area (Å²) in [5.41, 5.74) is 0.803. The number of esters is 1. The highest BCUT2D eigenvalue weighted by Gasteiger charge is 2.64. The fourth-order valence-electron chi connectivity index (χ4n) is 4.71. The number of ketones is 1. The van der Waals surface area contributed by atoms with Crippen LogP contribution in [0.3, 0.4) is 0 Å². The smallest absolute Gasteiger partial charge is 0.308 e. The molecule has 0 spiro atoms. The fourth-order valence-corrected chi connectivity index (χ4v) is 4.97. The number of anilines is 1. The zero-order chi connectivity index (χ0) is 23.3. The minimum absolute atomic E-state index is 0.314. The zero-order valence-electron chi connectivity index (χ0n) is 17.4. The molecular formula is C24H18BrN3O5. The van der Waals surface area contributed by atoms with Gasteiger partial charge in [0.25, 0.3) is 0 Å². The van der Waals surface area contributed by atoms with Gasteiger partial charge in [0, 0.05) is 23.2 Å². The Balaban J connectivity index is 1.51. The molecule has 3 aliphatic heterocycles.